The van der Waals surface area contributed by atoms with Gasteiger partial charge in [-0.3, -0.25) is 0 Å². The number of alkyl halides is 3. The topological polar surface area (TPSA) is 72.2 Å². The third-order valence-electron chi connectivity index (χ3n) is 3.35. The predicted molar refractivity (Wildman–Crippen MR) is 57.5 cm³/mol. The van der Waals surface area contributed by atoms with Crippen LogP contribution in [-0.4, -0.2) is 27.0 Å². The second kappa shape index (κ2) is 5.11. The van der Waals surface area contributed by atoms with Crippen molar-refractivity contribution < 1.29 is 21.6 Å². The smallest absolute Gasteiger partial charge is 0.330 e. The molecule has 0 heterocycles. The van der Waals surface area contributed by atoms with Crippen LogP contribution in [0.1, 0.15) is 32.1 Å². The van der Waals surface area contributed by atoms with E-state index in [-0.39, 0.29) is 12.0 Å². The van der Waals surface area contributed by atoms with Gasteiger partial charge in [0.05, 0.1) is 0 Å². The molecule has 1 aliphatic carbocycles. The van der Waals surface area contributed by atoms with E-state index >= 15 is 0 Å². The summed E-state index contributed by atoms with van der Waals surface area (Å²) in [5, 5.41) is 0. The molecule has 0 aromatic heterocycles. The fourth-order valence-electron chi connectivity index (χ4n) is 2.21. The Morgan fingerprint density at radius 1 is 1.24 bits per heavy atom. The predicted octanol–water partition coefficient (Wildman–Crippen LogP) is 1.33. The van der Waals surface area contributed by atoms with Crippen molar-refractivity contribution >= 4 is 10.0 Å². The highest BCUT2D eigenvalue weighted by Gasteiger charge is 2.45. The van der Waals surface area contributed by atoms with Gasteiger partial charge >= 0.3 is 15.5 Å². The van der Waals surface area contributed by atoms with E-state index in [9.17, 15) is 21.6 Å². The molecule has 0 saturated heterocycles. The number of nitrogens with one attached hydrogen (secondary N) is 1. The van der Waals surface area contributed by atoms with E-state index in [2.05, 4.69) is 0 Å². The maximum Gasteiger partial charge on any atom is 0.511 e. The molecule has 102 valence electrons. The molecule has 1 fully saturated rings. The van der Waals surface area contributed by atoms with Crippen LogP contribution in [0.25, 0.3) is 0 Å². The van der Waals surface area contributed by atoms with Crippen LogP contribution in [0.15, 0.2) is 0 Å². The minimum Gasteiger partial charge on any atom is -0.330 e. The van der Waals surface area contributed by atoms with E-state index in [1.165, 1.54) is 0 Å². The highest BCUT2D eigenvalue weighted by molar-refractivity contribution is 7.90. The minimum absolute atomic E-state index is 0.186. The molecule has 1 rings (SSSR count). The molecule has 0 aromatic carbocycles. The van der Waals surface area contributed by atoms with Crippen molar-refractivity contribution in [3.63, 3.8) is 0 Å². The average molecular weight is 274 g/mol. The maximum absolute atomic E-state index is 12.0. The summed E-state index contributed by atoms with van der Waals surface area (Å²) in [5.41, 5.74) is 0.181. The van der Waals surface area contributed by atoms with Crippen molar-refractivity contribution in [2.75, 3.05) is 13.1 Å². The van der Waals surface area contributed by atoms with Gasteiger partial charge in [0.25, 0.3) is 0 Å². The van der Waals surface area contributed by atoms with Crippen LogP contribution in [0.5, 0.6) is 0 Å². The second-order valence-corrected chi connectivity index (χ2v) is 6.26. The maximum atomic E-state index is 12.0. The first kappa shape index (κ1) is 14.7. The Balaban J connectivity index is 2.48. The Bertz CT molecular complexity index is 348. The number of nitrogens with two attached hydrogens (primary N) is 1. The number of rotatable bonds is 5. The fraction of sp³-hybridized carbons (Fsp3) is 1.00. The van der Waals surface area contributed by atoms with Crippen LogP contribution in [0.4, 0.5) is 13.2 Å². The van der Waals surface area contributed by atoms with Crippen LogP contribution < -0.4 is 10.5 Å². The van der Waals surface area contributed by atoms with Crippen molar-refractivity contribution in [1.29, 1.82) is 0 Å². The molecule has 0 amide bonds. The molecule has 0 bridgehead atoms. The Morgan fingerprint density at radius 2 is 1.76 bits per heavy atom. The summed E-state index contributed by atoms with van der Waals surface area (Å²) in [4.78, 5) is 0. The SMILES string of the molecule is NCC1(CCNS(=O)(=O)C(F)(F)F)CCCC1. The summed E-state index contributed by atoms with van der Waals surface area (Å²) in [6.07, 6.45) is 4.08. The zero-order chi connectivity index (χ0) is 13.2. The van der Waals surface area contributed by atoms with Gasteiger partial charge in [-0.05, 0) is 31.2 Å². The molecular weight excluding hydrogens is 257 g/mol. The monoisotopic (exact) mass is 274 g/mol. The Hall–Kier alpha value is -0.340. The first-order valence-corrected chi connectivity index (χ1v) is 6.97. The molecule has 0 radical (unpaired) electrons. The third kappa shape index (κ3) is 3.56. The van der Waals surface area contributed by atoms with E-state index in [1.54, 1.807) is 4.72 Å². The van der Waals surface area contributed by atoms with E-state index < -0.39 is 15.5 Å². The van der Waals surface area contributed by atoms with Crippen LogP contribution >= 0.6 is 0 Å². The van der Waals surface area contributed by atoms with E-state index in [0.717, 1.165) is 25.7 Å². The molecule has 0 atom stereocenters. The van der Waals surface area contributed by atoms with Gasteiger partial charge < -0.3 is 5.73 Å². The molecule has 0 aliphatic heterocycles. The summed E-state index contributed by atoms with van der Waals surface area (Å²) >= 11 is 0. The second-order valence-electron chi connectivity index (χ2n) is 4.50. The van der Waals surface area contributed by atoms with Crippen molar-refractivity contribution in [3.8, 4) is 0 Å². The number of hydrogen-bond donors (Lipinski definition) is 2. The molecule has 0 spiro atoms. The molecule has 1 saturated carbocycles. The quantitative estimate of drug-likeness (QED) is 0.794. The zero-order valence-electron chi connectivity index (χ0n) is 9.39. The van der Waals surface area contributed by atoms with Gasteiger partial charge in [-0.2, -0.15) is 13.2 Å². The Labute approximate surface area is 98.8 Å². The van der Waals surface area contributed by atoms with E-state index in [0.29, 0.717) is 13.0 Å². The lowest BCUT2D eigenvalue weighted by Gasteiger charge is -2.27. The number of halogens is 3. The minimum atomic E-state index is -5.24. The Kier molecular flexibility index (Phi) is 4.43. The van der Waals surface area contributed by atoms with Gasteiger partial charge in [-0.15, -0.1) is 0 Å². The average Bonchev–Trinajstić information content (AvgIpc) is 2.65. The molecule has 4 nitrogen and oxygen atoms in total. The zero-order valence-corrected chi connectivity index (χ0v) is 10.2. The van der Waals surface area contributed by atoms with E-state index in [1.807, 2.05) is 0 Å². The summed E-state index contributed by atoms with van der Waals surface area (Å²) in [7, 11) is -5.22. The lowest BCUT2D eigenvalue weighted by molar-refractivity contribution is -0.0448. The molecular formula is C9H17F3N2O2S. The molecule has 0 aromatic rings. The van der Waals surface area contributed by atoms with Gasteiger partial charge in [0.2, 0.25) is 0 Å². The number of hydrogen-bond acceptors (Lipinski definition) is 3. The van der Waals surface area contributed by atoms with Crippen molar-refractivity contribution in [1.82, 2.24) is 4.72 Å². The van der Waals surface area contributed by atoms with Gasteiger partial charge in [0, 0.05) is 6.54 Å². The summed E-state index contributed by atoms with van der Waals surface area (Å²) in [6, 6.07) is 0. The molecule has 17 heavy (non-hydrogen) atoms. The largest absolute Gasteiger partial charge is 0.511 e. The highest BCUT2D eigenvalue weighted by Crippen LogP contribution is 2.39. The van der Waals surface area contributed by atoms with Crippen LogP contribution in [-0.2, 0) is 10.0 Å². The van der Waals surface area contributed by atoms with Crippen molar-refractivity contribution in [2.24, 2.45) is 11.1 Å². The molecule has 8 heteroatoms. The standard InChI is InChI=1S/C9H17F3N2O2S/c10-9(11,12)17(15,16)14-6-5-8(7-13)3-1-2-4-8/h14H,1-7,13H2. The highest BCUT2D eigenvalue weighted by atomic mass is 32.2. The summed E-state index contributed by atoms with van der Waals surface area (Å²) in [6.45, 7) is 0.180. The van der Waals surface area contributed by atoms with Gasteiger partial charge in [-0.25, -0.2) is 13.1 Å². The van der Waals surface area contributed by atoms with Gasteiger partial charge in [-0.1, -0.05) is 12.8 Å². The first-order valence-electron chi connectivity index (χ1n) is 5.48. The molecule has 3 N–H and O–H groups in total. The van der Waals surface area contributed by atoms with Gasteiger partial charge in [0.1, 0.15) is 0 Å². The third-order valence-corrected chi connectivity index (χ3v) is 4.54. The van der Waals surface area contributed by atoms with Crippen LogP contribution in [0.3, 0.4) is 0 Å². The number of sulfonamides is 1. The molecule has 1 aliphatic rings. The Morgan fingerprint density at radius 3 is 2.18 bits per heavy atom. The van der Waals surface area contributed by atoms with E-state index in [4.69, 9.17) is 5.73 Å². The lowest BCUT2D eigenvalue weighted by Crippen LogP contribution is -2.39. The van der Waals surface area contributed by atoms with Crippen LogP contribution in [0.2, 0.25) is 0 Å². The fourth-order valence-corrected chi connectivity index (χ4v) is 2.75. The van der Waals surface area contributed by atoms with Crippen molar-refractivity contribution in [2.45, 2.75) is 37.6 Å². The molecule has 0 unspecified atom stereocenters. The van der Waals surface area contributed by atoms with Gasteiger partial charge in [0.15, 0.2) is 0 Å². The normalized spacial score (nSPS) is 20.7. The van der Waals surface area contributed by atoms with Crippen LogP contribution in [0, 0.1) is 5.41 Å². The lowest BCUT2D eigenvalue weighted by atomic mass is 9.83. The van der Waals surface area contributed by atoms with Crippen molar-refractivity contribution in [3.05, 3.63) is 0 Å². The summed E-state index contributed by atoms with van der Waals surface area (Å²) in [5.74, 6) is 0. The first-order chi connectivity index (χ1) is 7.72. The summed E-state index contributed by atoms with van der Waals surface area (Å²) < 4.78 is 59.2.